The lowest BCUT2D eigenvalue weighted by atomic mass is 9.93. The number of benzene rings is 1. The van der Waals surface area contributed by atoms with E-state index in [1.54, 1.807) is 0 Å². The second-order valence-corrected chi connectivity index (χ2v) is 6.10. The smallest absolute Gasteiger partial charge is 0.274 e. The van der Waals surface area contributed by atoms with Crippen molar-refractivity contribution in [3.8, 4) is 5.75 Å². The molecule has 0 spiro atoms. The van der Waals surface area contributed by atoms with Crippen LogP contribution in [0.2, 0.25) is 0 Å². The average Bonchev–Trinajstić information content (AvgIpc) is 2.45. The van der Waals surface area contributed by atoms with Crippen molar-refractivity contribution in [2.24, 2.45) is 0 Å². The number of ether oxygens (including phenoxy) is 1. The summed E-state index contributed by atoms with van der Waals surface area (Å²) in [6.45, 7) is 8.53. The van der Waals surface area contributed by atoms with Gasteiger partial charge in [-0.3, -0.25) is 9.78 Å². The molecule has 0 radical (unpaired) electrons. The molecule has 2 rings (SSSR count). The monoisotopic (exact) mass is 302 g/mol. The molecule has 2 aromatic rings. The number of hydrogen-bond acceptors (Lipinski definition) is 5. The third-order valence-electron chi connectivity index (χ3n) is 3.00. The van der Waals surface area contributed by atoms with Gasteiger partial charge in [0.15, 0.2) is 0 Å². The SMILES string of the molecule is CCCOc1ccc(Nc2nnc(C(C)(C)C)c(=O)[nH]2)cc1. The Morgan fingerprint density at radius 2 is 1.86 bits per heavy atom. The summed E-state index contributed by atoms with van der Waals surface area (Å²) in [5.41, 5.74) is 0.656. The summed E-state index contributed by atoms with van der Waals surface area (Å²) < 4.78 is 5.52. The van der Waals surface area contributed by atoms with E-state index in [0.29, 0.717) is 18.2 Å². The summed E-state index contributed by atoms with van der Waals surface area (Å²) in [5.74, 6) is 1.13. The fourth-order valence-corrected chi connectivity index (χ4v) is 1.88. The van der Waals surface area contributed by atoms with Crippen LogP contribution in [0, 0.1) is 0 Å². The van der Waals surface area contributed by atoms with Gasteiger partial charge in [0.25, 0.3) is 5.56 Å². The highest BCUT2D eigenvalue weighted by Gasteiger charge is 2.20. The van der Waals surface area contributed by atoms with Crippen molar-refractivity contribution < 1.29 is 4.74 Å². The second kappa shape index (κ2) is 6.60. The number of H-pyrrole nitrogens is 1. The average molecular weight is 302 g/mol. The Hall–Kier alpha value is -2.37. The van der Waals surface area contributed by atoms with Gasteiger partial charge in [-0.15, -0.1) is 10.2 Å². The number of nitrogens with one attached hydrogen (secondary N) is 2. The normalized spacial score (nSPS) is 11.3. The number of nitrogens with zero attached hydrogens (tertiary/aromatic N) is 2. The van der Waals surface area contributed by atoms with Gasteiger partial charge in [-0.25, -0.2) is 0 Å². The molecule has 1 aromatic carbocycles. The minimum Gasteiger partial charge on any atom is -0.494 e. The number of rotatable bonds is 5. The first kappa shape index (κ1) is 16.0. The molecule has 0 bridgehead atoms. The fourth-order valence-electron chi connectivity index (χ4n) is 1.88. The predicted molar refractivity (Wildman–Crippen MR) is 86.9 cm³/mol. The van der Waals surface area contributed by atoms with Gasteiger partial charge in [0.05, 0.1) is 6.61 Å². The largest absolute Gasteiger partial charge is 0.494 e. The Morgan fingerprint density at radius 3 is 2.41 bits per heavy atom. The van der Waals surface area contributed by atoms with Gasteiger partial charge in [-0.2, -0.15) is 0 Å². The summed E-state index contributed by atoms with van der Waals surface area (Å²) in [4.78, 5) is 14.7. The Morgan fingerprint density at radius 1 is 1.18 bits per heavy atom. The van der Waals surface area contributed by atoms with Crippen LogP contribution in [0.15, 0.2) is 29.1 Å². The molecule has 0 saturated heterocycles. The highest BCUT2D eigenvalue weighted by atomic mass is 16.5. The maximum absolute atomic E-state index is 12.0. The van der Waals surface area contributed by atoms with E-state index in [1.165, 1.54) is 0 Å². The maximum atomic E-state index is 12.0. The van der Waals surface area contributed by atoms with Gasteiger partial charge in [0, 0.05) is 11.1 Å². The fraction of sp³-hybridized carbons (Fsp3) is 0.438. The van der Waals surface area contributed by atoms with Crippen LogP contribution in [0.4, 0.5) is 11.6 Å². The van der Waals surface area contributed by atoms with Gasteiger partial charge in [0.1, 0.15) is 11.4 Å². The molecule has 1 heterocycles. The van der Waals surface area contributed by atoms with Crippen LogP contribution in [0.3, 0.4) is 0 Å². The van der Waals surface area contributed by atoms with Gasteiger partial charge < -0.3 is 10.1 Å². The number of anilines is 2. The van der Waals surface area contributed by atoms with Crippen molar-refractivity contribution >= 4 is 11.6 Å². The van der Waals surface area contributed by atoms with Crippen LogP contribution in [-0.2, 0) is 5.41 Å². The zero-order valence-electron chi connectivity index (χ0n) is 13.4. The molecule has 0 aliphatic carbocycles. The van der Waals surface area contributed by atoms with Gasteiger partial charge in [-0.1, -0.05) is 27.7 Å². The molecule has 2 N–H and O–H groups in total. The van der Waals surface area contributed by atoms with E-state index >= 15 is 0 Å². The lowest BCUT2D eigenvalue weighted by molar-refractivity contribution is 0.317. The van der Waals surface area contributed by atoms with Crippen LogP contribution < -0.4 is 15.6 Å². The van der Waals surface area contributed by atoms with Crippen LogP contribution in [-0.4, -0.2) is 21.8 Å². The van der Waals surface area contributed by atoms with Gasteiger partial charge in [0.2, 0.25) is 5.95 Å². The van der Waals surface area contributed by atoms with Crippen molar-refractivity contribution in [1.82, 2.24) is 15.2 Å². The van der Waals surface area contributed by atoms with Crippen LogP contribution in [0.5, 0.6) is 5.75 Å². The zero-order valence-corrected chi connectivity index (χ0v) is 13.4. The Bertz CT molecular complexity index is 672. The minimum atomic E-state index is -0.336. The molecule has 0 amide bonds. The van der Waals surface area contributed by atoms with E-state index in [-0.39, 0.29) is 11.0 Å². The topological polar surface area (TPSA) is 79.9 Å². The summed E-state index contributed by atoms with van der Waals surface area (Å²) in [5, 5.41) is 11.1. The van der Waals surface area contributed by atoms with Crippen LogP contribution in [0.1, 0.15) is 39.8 Å². The van der Waals surface area contributed by atoms with E-state index in [0.717, 1.165) is 17.9 Å². The molecule has 118 valence electrons. The Labute approximate surface area is 129 Å². The zero-order chi connectivity index (χ0) is 16.2. The van der Waals surface area contributed by atoms with Crippen molar-refractivity contribution in [2.75, 3.05) is 11.9 Å². The van der Waals surface area contributed by atoms with E-state index in [1.807, 2.05) is 45.0 Å². The third-order valence-corrected chi connectivity index (χ3v) is 3.00. The first-order valence-electron chi connectivity index (χ1n) is 7.37. The third kappa shape index (κ3) is 4.07. The van der Waals surface area contributed by atoms with Crippen molar-refractivity contribution in [1.29, 1.82) is 0 Å². The molecule has 0 atom stereocenters. The van der Waals surface area contributed by atoms with Crippen molar-refractivity contribution in [2.45, 2.75) is 39.5 Å². The highest BCUT2D eigenvalue weighted by Crippen LogP contribution is 2.19. The van der Waals surface area contributed by atoms with E-state index in [9.17, 15) is 4.79 Å². The van der Waals surface area contributed by atoms with Gasteiger partial charge >= 0.3 is 0 Å². The molecule has 0 aliphatic rings. The lowest BCUT2D eigenvalue weighted by Gasteiger charge is -2.15. The highest BCUT2D eigenvalue weighted by molar-refractivity contribution is 5.54. The summed E-state index contributed by atoms with van der Waals surface area (Å²) in [6, 6.07) is 7.46. The minimum absolute atomic E-state index is 0.229. The molecule has 0 fully saturated rings. The summed E-state index contributed by atoms with van der Waals surface area (Å²) in [7, 11) is 0. The molecule has 0 saturated carbocycles. The van der Waals surface area contributed by atoms with E-state index < -0.39 is 0 Å². The summed E-state index contributed by atoms with van der Waals surface area (Å²) in [6.07, 6.45) is 0.969. The molecular weight excluding hydrogens is 280 g/mol. The molecule has 0 unspecified atom stereocenters. The van der Waals surface area contributed by atoms with Crippen molar-refractivity contribution in [3.05, 3.63) is 40.3 Å². The molecule has 0 aliphatic heterocycles. The quantitative estimate of drug-likeness (QED) is 0.887. The Kier molecular flexibility index (Phi) is 4.80. The summed E-state index contributed by atoms with van der Waals surface area (Å²) >= 11 is 0. The molecular formula is C16H22N4O2. The molecule has 6 nitrogen and oxygen atoms in total. The molecule has 1 aromatic heterocycles. The molecule has 22 heavy (non-hydrogen) atoms. The standard InChI is InChI=1S/C16H22N4O2/c1-5-10-22-12-8-6-11(7-9-12)17-15-18-14(21)13(19-20-15)16(2,3)4/h6-9H,5,10H2,1-4H3,(H2,17,18,20,21). The first-order valence-corrected chi connectivity index (χ1v) is 7.37. The lowest BCUT2D eigenvalue weighted by Crippen LogP contribution is -2.28. The van der Waals surface area contributed by atoms with Crippen LogP contribution >= 0.6 is 0 Å². The second-order valence-electron chi connectivity index (χ2n) is 6.10. The number of hydrogen-bond donors (Lipinski definition) is 2. The van der Waals surface area contributed by atoms with E-state index in [2.05, 4.69) is 27.4 Å². The predicted octanol–water partition coefficient (Wildman–Crippen LogP) is 2.99. The number of aromatic nitrogens is 3. The Balaban J connectivity index is 2.11. The maximum Gasteiger partial charge on any atom is 0.274 e. The van der Waals surface area contributed by atoms with E-state index in [4.69, 9.17) is 4.74 Å². The molecule has 6 heteroatoms. The first-order chi connectivity index (χ1) is 10.4. The number of aromatic amines is 1. The van der Waals surface area contributed by atoms with Gasteiger partial charge in [-0.05, 0) is 30.7 Å². The van der Waals surface area contributed by atoms with Crippen LogP contribution in [0.25, 0.3) is 0 Å². The van der Waals surface area contributed by atoms with Crippen molar-refractivity contribution in [3.63, 3.8) is 0 Å².